The normalized spacial score (nSPS) is 16.6. The Morgan fingerprint density at radius 2 is 2.07 bits per heavy atom. The summed E-state index contributed by atoms with van der Waals surface area (Å²) in [6.07, 6.45) is 4.10. The lowest BCUT2D eigenvalue weighted by Gasteiger charge is -2.24. The summed E-state index contributed by atoms with van der Waals surface area (Å²) in [5.74, 6) is -0.00653. The fraction of sp³-hybridized carbons (Fsp3) is 0.364. The number of hydrogen-bond donors (Lipinski definition) is 0. The monoisotopic (exact) mass is 412 g/mol. The third-order valence-corrected chi connectivity index (χ3v) is 7.05. The number of nitrogens with zero attached hydrogens (tertiary/aromatic N) is 2. The highest BCUT2D eigenvalue weighted by Gasteiger charge is 2.28. The molecule has 4 nitrogen and oxygen atoms in total. The molecular weight excluding hydrogens is 388 g/mol. The van der Waals surface area contributed by atoms with Crippen molar-refractivity contribution in [3.05, 3.63) is 53.1 Å². The van der Waals surface area contributed by atoms with Crippen LogP contribution >= 0.6 is 23.1 Å². The van der Waals surface area contributed by atoms with E-state index in [0.717, 1.165) is 45.3 Å². The van der Waals surface area contributed by atoms with Crippen molar-refractivity contribution in [2.24, 2.45) is 0 Å². The minimum absolute atomic E-state index is 0.00653. The molecule has 1 unspecified atom stereocenters. The van der Waals surface area contributed by atoms with E-state index in [9.17, 15) is 4.79 Å². The van der Waals surface area contributed by atoms with Crippen molar-refractivity contribution in [2.45, 2.75) is 37.7 Å². The fourth-order valence-electron chi connectivity index (χ4n) is 3.49. The van der Waals surface area contributed by atoms with Gasteiger partial charge in [-0.25, -0.2) is 4.98 Å². The van der Waals surface area contributed by atoms with Crippen molar-refractivity contribution in [3.63, 3.8) is 0 Å². The maximum absolute atomic E-state index is 13.5. The molecule has 0 aliphatic carbocycles. The highest BCUT2D eigenvalue weighted by atomic mass is 32.2. The summed E-state index contributed by atoms with van der Waals surface area (Å²) < 4.78 is 6.95. The number of benzene rings is 2. The third-order valence-electron chi connectivity index (χ3n) is 5.22. The number of aryl methyl sites for hydroxylation is 2. The summed E-state index contributed by atoms with van der Waals surface area (Å²) >= 11 is 3.17. The van der Waals surface area contributed by atoms with Crippen LogP contribution in [-0.4, -0.2) is 36.4 Å². The molecule has 0 radical (unpaired) electrons. The minimum Gasteiger partial charge on any atom is -0.376 e. The maximum atomic E-state index is 13.5. The Labute approximate surface area is 173 Å². The number of carbonyl (C=O) groups is 1. The highest BCUT2D eigenvalue weighted by Crippen LogP contribution is 2.33. The van der Waals surface area contributed by atoms with Gasteiger partial charge in [0.15, 0.2) is 5.13 Å². The minimum atomic E-state index is -0.00653. The first kappa shape index (κ1) is 19.4. The Kier molecular flexibility index (Phi) is 5.71. The molecule has 4 rings (SSSR count). The lowest BCUT2D eigenvalue weighted by atomic mass is 10.1. The van der Waals surface area contributed by atoms with Gasteiger partial charge in [-0.3, -0.25) is 9.69 Å². The number of aromatic nitrogens is 1. The van der Waals surface area contributed by atoms with Crippen LogP contribution in [0.5, 0.6) is 0 Å². The van der Waals surface area contributed by atoms with Gasteiger partial charge in [-0.15, -0.1) is 11.8 Å². The van der Waals surface area contributed by atoms with Crippen LogP contribution in [-0.2, 0) is 4.74 Å². The molecule has 2 aromatic carbocycles. The summed E-state index contributed by atoms with van der Waals surface area (Å²) in [5.41, 5.74) is 4.13. The first-order chi connectivity index (χ1) is 13.6. The molecule has 1 aromatic heterocycles. The van der Waals surface area contributed by atoms with Gasteiger partial charge in [0.2, 0.25) is 0 Å². The van der Waals surface area contributed by atoms with Crippen molar-refractivity contribution in [2.75, 3.05) is 24.3 Å². The number of fused-ring (bicyclic) bond motifs is 1. The molecule has 1 fully saturated rings. The topological polar surface area (TPSA) is 42.4 Å². The van der Waals surface area contributed by atoms with Crippen molar-refractivity contribution in [1.29, 1.82) is 0 Å². The predicted molar refractivity (Wildman–Crippen MR) is 118 cm³/mol. The second-order valence-electron chi connectivity index (χ2n) is 7.15. The van der Waals surface area contributed by atoms with Gasteiger partial charge in [0.25, 0.3) is 5.91 Å². The molecule has 2 heterocycles. The lowest BCUT2D eigenvalue weighted by Crippen LogP contribution is -2.37. The third kappa shape index (κ3) is 3.81. The lowest BCUT2D eigenvalue weighted by molar-refractivity contribution is 0.0915. The molecular formula is C22H24N2O2S2. The average molecular weight is 413 g/mol. The molecule has 0 bridgehead atoms. The molecule has 28 heavy (non-hydrogen) atoms. The Morgan fingerprint density at radius 3 is 2.82 bits per heavy atom. The number of amides is 1. The van der Waals surface area contributed by atoms with Gasteiger partial charge in [0.05, 0.1) is 28.4 Å². The number of ether oxygens (including phenoxy) is 1. The van der Waals surface area contributed by atoms with E-state index in [1.54, 1.807) is 23.1 Å². The van der Waals surface area contributed by atoms with E-state index in [-0.39, 0.29) is 12.0 Å². The van der Waals surface area contributed by atoms with Gasteiger partial charge in [-0.2, -0.15) is 0 Å². The maximum Gasteiger partial charge on any atom is 0.261 e. The van der Waals surface area contributed by atoms with Crippen LogP contribution in [0.25, 0.3) is 10.2 Å². The van der Waals surface area contributed by atoms with Crippen LogP contribution in [0.2, 0.25) is 0 Å². The summed E-state index contributed by atoms with van der Waals surface area (Å²) in [6.45, 7) is 5.52. The van der Waals surface area contributed by atoms with Gasteiger partial charge < -0.3 is 4.74 Å². The van der Waals surface area contributed by atoms with Gasteiger partial charge >= 0.3 is 0 Å². The Hall–Kier alpha value is -1.89. The van der Waals surface area contributed by atoms with Crippen LogP contribution < -0.4 is 4.90 Å². The summed E-state index contributed by atoms with van der Waals surface area (Å²) in [4.78, 5) is 21.2. The number of thioether (sulfide) groups is 1. The molecule has 146 valence electrons. The zero-order chi connectivity index (χ0) is 19.7. The number of anilines is 1. The molecule has 3 aromatic rings. The quantitative estimate of drug-likeness (QED) is 0.522. The Morgan fingerprint density at radius 1 is 1.29 bits per heavy atom. The van der Waals surface area contributed by atoms with Crippen LogP contribution in [0.1, 0.15) is 34.3 Å². The zero-order valence-corrected chi connectivity index (χ0v) is 18.0. The van der Waals surface area contributed by atoms with E-state index in [2.05, 4.69) is 26.0 Å². The molecule has 0 saturated carbocycles. The second-order valence-corrected chi connectivity index (χ2v) is 9.01. The van der Waals surface area contributed by atoms with Crippen LogP contribution in [0.15, 0.2) is 41.3 Å². The van der Waals surface area contributed by atoms with E-state index in [1.165, 1.54) is 11.1 Å². The number of rotatable bonds is 5. The van der Waals surface area contributed by atoms with E-state index in [1.807, 2.05) is 35.4 Å². The summed E-state index contributed by atoms with van der Waals surface area (Å²) in [6, 6.07) is 12.1. The standard InChI is InChI=1S/C22H24N2O2S2/c1-14-11-18-20(12-15(14)2)28-22(23-18)24(13-16-7-6-10-26-16)21(25)17-8-4-5-9-19(17)27-3/h4-5,8-9,11-12,16H,6-7,10,13H2,1-3H3. The smallest absolute Gasteiger partial charge is 0.261 e. The van der Waals surface area contributed by atoms with Crippen molar-refractivity contribution in [3.8, 4) is 0 Å². The molecule has 6 heteroatoms. The van der Waals surface area contributed by atoms with Crippen LogP contribution in [0.3, 0.4) is 0 Å². The first-order valence-corrected chi connectivity index (χ1v) is 11.5. The fourth-order valence-corrected chi connectivity index (χ4v) is 5.13. The number of hydrogen-bond acceptors (Lipinski definition) is 5. The second kappa shape index (κ2) is 8.23. The van der Waals surface area contributed by atoms with Crippen LogP contribution in [0.4, 0.5) is 5.13 Å². The van der Waals surface area contributed by atoms with Crippen molar-refractivity contribution >= 4 is 44.4 Å². The van der Waals surface area contributed by atoms with Gasteiger partial charge in [-0.05, 0) is 68.3 Å². The summed E-state index contributed by atoms with van der Waals surface area (Å²) in [7, 11) is 0. The van der Waals surface area contributed by atoms with Gasteiger partial charge in [0, 0.05) is 11.5 Å². The van der Waals surface area contributed by atoms with E-state index >= 15 is 0 Å². The van der Waals surface area contributed by atoms with Crippen molar-refractivity contribution in [1.82, 2.24) is 4.98 Å². The summed E-state index contributed by atoms with van der Waals surface area (Å²) in [5, 5.41) is 0.747. The van der Waals surface area contributed by atoms with Crippen LogP contribution in [0, 0.1) is 13.8 Å². The van der Waals surface area contributed by atoms with E-state index in [0.29, 0.717) is 6.54 Å². The SMILES string of the molecule is CSc1ccccc1C(=O)N(CC1CCCO1)c1nc2cc(C)c(C)cc2s1. The van der Waals surface area contributed by atoms with E-state index < -0.39 is 0 Å². The Balaban J connectivity index is 1.75. The largest absolute Gasteiger partial charge is 0.376 e. The number of thiazole rings is 1. The molecule has 1 atom stereocenters. The van der Waals surface area contributed by atoms with Gasteiger partial charge in [-0.1, -0.05) is 23.5 Å². The highest BCUT2D eigenvalue weighted by molar-refractivity contribution is 7.98. The average Bonchev–Trinajstić information content (AvgIpc) is 3.35. The van der Waals surface area contributed by atoms with Gasteiger partial charge in [0.1, 0.15) is 0 Å². The Bertz CT molecular complexity index is 970. The molecule has 1 aliphatic heterocycles. The van der Waals surface area contributed by atoms with Crippen molar-refractivity contribution < 1.29 is 9.53 Å². The molecule has 1 aliphatic rings. The predicted octanol–water partition coefficient (Wildman–Crippen LogP) is 5.46. The van der Waals surface area contributed by atoms with E-state index in [4.69, 9.17) is 9.72 Å². The molecule has 1 amide bonds. The number of carbonyl (C=O) groups excluding carboxylic acids is 1. The molecule has 0 N–H and O–H groups in total. The molecule has 1 saturated heterocycles. The first-order valence-electron chi connectivity index (χ1n) is 9.51. The molecule has 0 spiro atoms. The zero-order valence-electron chi connectivity index (χ0n) is 16.4.